The number of benzene rings is 3. The zero-order chi connectivity index (χ0) is 23.3. The maximum atomic E-state index is 13.3. The molecule has 0 fully saturated rings. The fourth-order valence-corrected chi connectivity index (χ4v) is 4.03. The highest BCUT2D eigenvalue weighted by Crippen LogP contribution is 2.39. The van der Waals surface area contributed by atoms with Gasteiger partial charge in [0.05, 0.1) is 23.8 Å². The first-order chi connectivity index (χ1) is 16.7. The number of esters is 1. The number of carbonyl (C=O) groups excluding carboxylic acids is 2. The number of hydrogen-bond donors (Lipinski definition) is 0. The number of carbonyl (C=O) groups is 2. The van der Waals surface area contributed by atoms with Gasteiger partial charge in [-0.05, 0) is 41.5 Å². The molecule has 0 saturated carbocycles. The van der Waals surface area contributed by atoms with E-state index < -0.39 is 5.97 Å². The summed E-state index contributed by atoms with van der Waals surface area (Å²) >= 11 is 0. The Morgan fingerprint density at radius 3 is 2.47 bits per heavy atom. The molecule has 7 heteroatoms. The standard InChI is InChI=1S/C27H23N3O4/c31-26(19-34-27(32)22-13-11-20(12-14-22)17-29-16-6-15-28-29)30-23-9-4-5-10-25(23)33-18-24(30)21-7-2-1-3-8-21/h1-16,24H,17-19H2. The van der Waals surface area contributed by atoms with Crippen molar-refractivity contribution in [3.05, 3.63) is 114 Å². The molecule has 5 rings (SSSR count). The van der Waals surface area contributed by atoms with Gasteiger partial charge in [-0.1, -0.05) is 54.6 Å². The molecule has 1 amide bonds. The Kier molecular flexibility index (Phi) is 6.07. The summed E-state index contributed by atoms with van der Waals surface area (Å²) < 4.78 is 13.1. The summed E-state index contributed by atoms with van der Waals surface area (Å²) in [6.45, 7) is 0.558. The molecule has 1 aliphatic rings. The smallest absolute Gasteiger partial charge is 0.338 e. The quantitative estimate of drug-likeness (QED) is 0.408. The zero-order valence-electron chi connectivity index (χ0n) is 18.4. The highest BCUT2D eigenvalue weighted by atomic mass is 16.5. The Labute approximate surface area is 197 Å². The second kappa shape index (κ2) is 9.62. The number of anilines is 1. The Morgan fingerprint density at radius 2 is 1.71 bits per heavy atom. The third-order valence-electron chi connectivity index (χ3n) is 5.71. The van der Waals surface area contributed by atoms with E-state index in [1.807, 2.05) is 79.0 Å². The Balaban J connectivity index is 1.29. The number of fused-ring (bicyclic) bond motifs is 1. The van der Waals surface area contributed by atoms with Crippen LogP contribution in [0.5, 0.6) is 5.75 Å². The van der Waals surface area contributed by atoms with Crippen LogP contribution in [0.2, 0.25) is 0 Å². The number of ether oxygens (including phenoxy) is 2. The van der Waals surface area contributed by atoms with Crippen molar-refractivity contribution in [2.24, 2.45) is 0 Å². The van der Waals surface area contributed by atoms with Gasteiger partial charge in [0.15, 0.2) is 6.61 Å². The molecule has 1 unspecified atom stereocenters. The van der Waals surface area contributed by atoms with Crippen LogP contribution < -0.4 is 9.64 Å². The molecule has 4 aromatic rings. The lowest BCUT2D eigenvalue weighted by atomic mass is 10.0. The van der Waals surface area contributed by atoms with Crippen molar-refractivity contribution in [3.63, 3.8) is 0 Å². The monoisotopic (exact) mass is 453 g/mol. The van der Waals surface area contributed by atoms with Crippen LogP contribution in [-0.4, -0.2) is 34.9 Å². The molecule has 0 spiro atoms. The van der Waals surface area contributed by atoms with Crippen LogP contribution in [0.15, 0.2) is 97.3 Å². The maximum Gasteiger partial charge on any atom is 0.338 e. The number of aromatic nitrogens is 2. The first-order valence-electron chi connectivity index (χ1n) is 11.0. The fraction of sp³-hybridized carbons (Fsp3) is 0.148. The molecule has 3 aromatic carbocycles. The van der Waals surface area contributed by atoms with Crippen molar-refractivity contribution in [3.8, 4) is 5.75 Å². The Hall–Kier alpha value is -4.39. The predicted octanol–water partition coefficient (Wildman–Crippen LogP) is 4.26. The summed E-state index contributed by atoms with van der Waals surface area (Å²) in [6.07, 6.45) is 3.60. The third-order valence-corrected chi connectivity index (χ3v) is 5.71. The van der Waals surface area contributed by atoms with Crippen molar-refractivity contribution in [1.29, 1.82) is 0 Å². The molecule has 2 heterocycles. The Bertz CT molecular complexity index is 1270. The number of amides is 1. The van der Waals surface area contributed by atoms with Crippen LogP contribution in [0.3, 0.4) is 0 Å². The molecular formula is C27H23N3O4. The van der Waals surface area contributed by atoms with Crippen molar-refractivity contribution in [2.75, 3.05) is 18.1 Å². The zero-order valence-corrected chi connectivity index (χ0v) is 18.4. The minimum atomic E-state index is -0.545. The summed E-state index contributed by atoms with van der Waals surface area (Å²) in [6, 6.07) is 25.7. The molecule has 7 nitrogen and oxygen atoms in total. The molecule has 0 bridgehead atoms. The summed E-state index contributed by atoms with van der Waals surface area (Å²) in [4.78, 5) is 27.6. The van der Waals surface area contributed by atoms with Crippen LogP contribution in [-0.2, 0) is 16.1 Å². The molecule has 34 heavy (non-hydrogen) atoms. The van der Waals surface area contributed by atoms with E-state index in [0.29, 0.717) is 30.2 Å². The average Bonchev–Trinajstić information content (AvgIpc) is 3.40. The summed E-state index contributed by atoms with van der Waals surface area (Å²) in [5, 5.41) is 4.18. The lowest BCUT2D eigenvalue weighted by molar-refractivity contribution is -0.122. The molecule has 1 atom stereocenters. The maximum absolute atomic E-state index is 13.3. The van der Waals surface area contributed by atoms with Crippen LogP contribution in [0.4, 0.5) is 5.69 Å². The fourth-order valence-electron chi connectivity index (χ4n) is 4.03. The minimum absolute atomic E-state index is 0.312. The second-order valence-electron chi connectivity index (χ2n) is 7.95. The van der Waals surface area contributed by atoms with E-state index in [0.717, 1.165) is 11.1 Å². The van der Waals surface area contributed by atoms with E-state index in [1.54, 1.807) is 27.9 Å². The van der Waals surface area contributed by atoms with Crippen molar-refractivity contribution in [2.45, 2.75) is 12.6 Å². The lowest BCUT2D eigenvalue weighted by Crippen LogP contribution is -2.43. The first-order valence-corrected chi connectivity index (χ1v) is 11.0. The van der Waals surface area contributed by atoms with E-state index in [1.165, 1.54) is 0 Å². The highest BCUT2D eigenvalue weighted by Gasteiger charge is 2.33. The normalized spacial score (nSPS) is 14.7. The van der Waals surface area contributed by atoms with Gasteiger partial charge in [-0.2, -0.15) is 5.10 Å². The van der Waals surface area contributed by atoms with Crippen molar-refractivity contribution < 1.29 is 19.1 Å². The molecule has 0 saturated heterocycles. The molecule has 0 radical (unpaired) electrons. The van der Waals surface area contributed by atoms with E-state index in [9.17, 15) is 9.59 Å². The Morgan fingerprint density at radius 1 is 0.941 bits per heavy atom. The topological polar surface area (TPSA) is 73.7 Å². The van der Waals surface area contributed by atoms with Gasteiger partial charge in [0, 0.05) is 12.4 Å². The van der Waals surface area contributed by atoms with Gasteiger partial charge in [0.2, 0.25) is 0 Å². The highest BCUT2D eigenvalue weighted by molar-refractivity contribution is 5.99. The summed E-state index contributed by atoms with van der Waals surface area (Å²) in [7, 11) is 0. The summed E-state index contributed by atoms with van der Waals surface area (Å²) in [5.74, 6) is -0.229. The largest absolute Gasteiger partial charge is 0.489 e. The van der Waals surface area contributed by atoms with Crippen molar-refractivity contribution in [1.82, 2.24) is 9.78 Å². The lowest BCUT2D eigenvalue weighted by Gasteiger charge is -2.37. The van der Waals surface area contributed by atoms with Crippen molar-refractivity contribution >= 4 is 17.6 Å². The van der Waals surface area contributed by atoms with Gasteiger partial charge in [-0.25, -0.2) is 4.79 Å². The molecule has 0 aliphatic carbocycles. The first kappa shape index (κ1) is 21.5. The van der Waals surface area contributed by atoms with Gasteiger partial charge in [0.25, 0.3) is 5.91 Å². The van der Waals surface area contributed by atoms with E-state index >= 15 is 0 Å². The number of nitrogens with zero attached hydrogens (tertiary/aromatic N) is 3. The van der Waals surface area contributed by atoms with E-state index in [4.69, 9.17) is 9.47 Å². The molecular weight excluding hydrogens is 430 g/mol. The van der Waals surface area contributed by atoms with Crippen LogP contribution in [0.25, 0.3) is 0 Å². The van der Waals surface area contributed by atoms with Crippen LogP contribution in [0.1, 0.15) is 27.5 Å². The average molecular weight is 453 g/mol. The minimum Gasteiger partial charge on any atom is -0.489 e. The summed E-state index contributed by atoms with van der Waals surface area (Å²) in [5.41, 5.74) is 3.00. The van der Waals surface area contributed by atoms with Gasteiger partial charge >= 0.3 is 5.97 Å². The van der Waals surface area contributed by atoms with Gasteiger partial charge in [-0.3, -0.25) is 14.4 Å². The van der Waals surface area contributed by atoms with Gasteiger partial charge < -0.3 is 9.47 Å². The third kappa shape index (κ3) is 4.54. The van der Waals surface area contributed by atoms with E-state index in [2.05, 4.69) is 5.10 Å². The SMILES string of the molecule is O=C(OCC(=O)N1c2ccccc2OCC1c1ccccc1)c1ccc(Cn2cccn2)cc1. The molecule has 0 N–H and O–H groups in total. The van der Waals surface area contributed by atoms with Gasteiger partial charge in [0.1, 0.15) is 12.4 Å². The second-order valence-corrected chi connectivity index (χ2v) is 7.95. The molecule has 170 valence electrons. The number of para-hydroxylation sites is 2. The van der Waals surface area contributed by atoms with E-state index in [-0.39, 0.29) is 18.6 Å². The van der Waals surface area contributed by atoms with Crippen LogP contribution in [0, 0.1) is 0 Å². The molecule has 1 aliphatic heterocycles. The van der Waals surface area contributed by atoms with Gasteiger partial charge in [-0.15, -0.1) is 0 Å². The number of rotatable bonds is 6. The predicted molar refractivity (Wildman–Crippen MR) is 127 cm³/mol. The van der Waals surface area contributed by atoms with Crippen LogP contribution >= 0.6 is 0 Å². The number of hydrogen-bond acceptors (Lipinski definition) is 5. The molecule has 1 aromatic heterocycles.